The topological polar surface area (TPSA) is 93.0 Å². The van der Waals surface area contributed by atoms with Crippen LogP contribution in [0, 0.1) is 19.7 Å². The zero-order chi connectivity index (χ0) is 28.2. The number of hydrogen-bond donors (Lipinski definition) is 1. The van der Waals surface area contributed by atoms with Gasteiger partial charge in [0.2, 0.25) is 10.0 Å². The number of amides is 1. The van der Waals surface area contributed by atoms with E-state index < -0.39 is 22.0 Å². The molecule has 1 amide bonds. The smallest absolute Gasteiger partial charge is 0.263 e. The Hall–Kier alpha value is -4.44. The molecule has 0 aliphatic carbocycles. The van der Waals surface area contributed by atoms with Gasteiger partial charge in [-0.2, -0.15) is 5.10 Å². The van der Waals surface area contributed by atoms with Crippen molar-refractivity contribution < 1.29 is 22.3 Å². The van der Waals surface area contributed by atoms with E-state index in [1.807, 2.05) is 54.8 Å². The Bertz CT molecular complexity index is 1580. The highest BCUT2D eigenvalue weighted by Gasteiger charge is 2.29. The number of carbonyl (C=O) groups is 1. The lowest BCUT2D eigenvalue weighted by atomic mass is 10.2. The third kappa shape index (κ3) is 6.53. The number of benzene rings is 3. The van der Waals surface area contributed by atoms with Gasteiger partial charge in [0.25, 0.3) is 5.91 Å². The minimum Gasteiger partial charge on any atom is -0.457 e. The van der Waals surface area contributed by atoms with Crippen molar-refractivity contribution in [3.8, 4) is 17.2 Å². The van der Waals surface area contributed by atoms with Crippen molar-refractivity contribution in [2.24, 2.45) is 5.10 Å². The lowest BCUT2D eigenvalue weighted by Gasteiger charge is -2.27. The number of halogens is 1. The highest BCUT2D eigenvalue weighted by Crippen LogP contribution is 2.27. The summed E-state index contributed by atoms with van der Waals surface area (Å²) in [6.45, 7) is 5.29. The van der Waals surface area contributed by atoms with E-state index in [2.05, 4.69) is 10.5 Å². The number of hydrazone groups is 1. The number of nitrogens with zero attached hydrogens (tertiary/aromatic N) is 3. The molecule has 1 N–H and O–H groups in total. The molecule has 3 aromatic carbocycles. The highest BCUT2D eigenvalue weighted by atomic mass is 32.2. The number of aryl methyl sites for hydroxylation is 1. The Morgan fingerprint density at radius 1 is 1.00 bits per heavy atom. The summed E-state index contributed by atoms with van der Waals surface area (Å²) in [6, 6.07) is 22.6. The number of sulfonamides is 1. The van der Waals surface area contributed by atoms with Crippen LogP contribution in [0.1, 0.15) is 23.9 Å². The van der Waals surface area contributed by atoms with Gasteiger partial charge in [0.1, 0.15) is 23.4 Å². The molecule has 39 heavy (non-hydrogen) atoms. The Kier molecular flexibility index (Phi) is 8.15. The molecule has 0 saturated heterocycles. The molecule has 4 rings (SSSR count). The maximum Gasteiger partial charge on any atom is 0.263 e. The van der Waals surface area contributed by atoms with E-state index in [0.717, 1.165) is 33.2 Å². The van der Waals surface area contributed by atoms with Crippen molar-refractivity contribution in [2.75, 3.05) is 10.6 Å². The Morgan fingerprint density at radius 3 is 2.23 bits per heavy atom. The standard InChI is InChI=1S/C29H29FN4O4S/c1-20-18-23(21(2)33(20)25-12-10-24(30)11-13-25)19-31-32-29(35)22(3)34(39(4,36)37)26-14-16-28(17-15-26)38-27-8-6-5-7-9-27/h5-19,22H,1-4H3,(H,32,35)/b31-19-/t22-/m0/s1. The predicted octanol–water partition coefficient (Wildman–Crippen LogP) is 5.33. The van der Waals surface area contributed by atoms with Crippen LogP contribution in [-0.2, 0) is 14.8 Å². The first-order chi connectivity index (χ1) is 18.5. The van der Waals surface area contributed by atoms with Gasteiger partial charge < -0.3 is 9.30 Å². The maximum atomic E-state index is 13.3. The van der Waals surface area contributed by atoms with Gasteiger partial charge in [-0.1, -0.05) is 18.2 Å². The molecule has 4 aromatic rings. The van der Waals surface area contributed by atoms with Gasteiger partial charge in [-0.05, 0) is 87.5 Å². The Labute approximate surface area is 227 Å². The molecule has 0 saturated carbocycles. The van der Waals surface area contributed by atoms with E-state index in [9.17, 15) is 17.6 Å². The average molecular weight is 549 g/mol. The molecule has 0 bridgehead atoms. The van der Waals surface area contributed by atoms with Crippen LogP contribution < -0.4 is 14.5 Å². The maximum absolute atomic E-state index is 13.3. The molecule has 1 heterocycles. The third-order valence-corrected chi connectivity index (χ3v) is 7.33. The summed E-state index contributed by atoms with van der Waals surface area (Å²) < 4.78 is 47.4. The molecule has 8 nitrogen and oxygen atoms in total. The van der Waals surface area contributed by atoms with E-state index in [-0.39, 0.29) is 5.82 Å². The van der Waals surface area contributed by atoms with Crippen molar-refractivity contribution in [1.29, 1.82) is 0 Å². The molecule has 1 aromatic heterocycles. The summed E-state index contributed by atoms with van der Waals surface area (Å²) in [4.78, 5) is 12.9. The van der Waals surface area contributed by atoms with Crippen LogP contribution in [-0.4, -0.2) is 37.4 Å². The van der Waals surface area contributed by atoms with Crippen LogP contribution in [0.2, 0.25) is 0 Å². The number of hydrogen-bond acceptors (Lipinski definition) is 5. The van der Waals surface area contributed by atoms with Crippen molar-refractivity contribution in [3.63, 3.8) is 0 Å². The van der Waals surface area contributed by atoms with Crippen molar-refractivity contribution in [2.45, 2.75) is 26.8 Å². The zero-order valence-electron chi connectivity index (χ0n) is 22.0. The Morgan fingerprint density at radius 2 is 1.62 bits per heavy atom. The van der Waals surface area contributed by atoms with Gasteiger partial charge >= 0.3 is 0 Å². The minimum atomic E-state index is -3.80. The largest absolute Gasteiger partial charge is 0.457 e. The number of nitrogens with one attached hydrogen (secondary N) is 1. The van der Waals surface area contributed by atoms with Crippen molar-refractivity contribution in [3.05, 3.63) is 108 Å². The molecule has 0 radical (unpaired) electrons. The van der Waals surface area contributed by atoms with Gasteiger partial charge in [0, 0.05) is 22.6 Å². The van der Waals surface area contributed by atoms with Crippen LogP contribution in [0.15, 0.2) is 90.0 Å². The summed E-state index contributed by atoms with van der Waals surface area (Å²) in [6.07, 6.45) is 2.53. The summed E-state index contributed by atoms with van der Waals surface area (Å²) in [5.74, 6) is 0.251. The number of aromatic nitrogens is 1. The molecular weight excluding hydrogens is 519 g/mol. The predicted molar refractivity (Wildman–Crippen MR) is 151 cm³/mol. The molecular formula is C29H29FN4O4S. The fourth-order valence-electron chi connectivity index (χ4n) is 4.26. The quantitative estimate of drug-likeness (QED) is 0.226. The second kappa shape index (κ2) is 11.5. The van der Waals surface area contributed by atoms with E-state index >= 15 is 0 Å². The van der Waals surface area contributed by atoms with Crippen LogP contribution >= 0.6 is 0 Å². The molecule has 0 aliphatic heterocycles. The molecule has 0 fully saturated rings. The van der Waals surface area contributed by atoms with Gasteiger partial charge in [-0.25, -0.2) is 18.2 Å². The van der Waals surface area contributed by atoms with E-state index in [0.29, 0.717) is 17.2 Å². The van der Waals surface area contributed by atoms with Crippen LogP contribution in [0.25, 0.3) is 5.69 Å². The summed E-state index contributed by atoms with van der Waals surface area (Å²) >= 11 is 0. The van der Waals surface area contributed by atoms with Crippen molar-refractivity contribution >= 4 is 27.8 Å². The molecule has 202 valence electrons. The second-order valence-corrected chi connectivity index (χ2v) is 10.9. The van der Waals surface area contributed by atoms with Crippen LogP contribution in [0.3, 0.4) is 0 Å². The highest BCUT2D eigenvalue weighted by molar-refractivity contribution is 7.92. The monoisotopic (exact) mass is 548 g/mol. The number of para-hydroxylation sites is 1. The lowest BCUT2D eigenvalue weighted by Crippen LogP contribution is -2.46. The molecule has 10 heteroatoms. The average Bonchev–Trinajstić information content (AvgIpc) is 3.18. The zero-order valence-corrected chi connectivity index (χ0v) is 22.8. The first-order valence-electron chi connectivity index (χ1n) is 12.1. The lowest BCUT2D eigenvalue weighted by molar-refractivity contribution is -0.121. The Balaban J connectivity index is 1.47. The van der Waals surface area contributed by atoms with E-state index in [4.69, 9.17) is 4.74 Å². The first kappa shape index (κ1) is 27.6. The number of carbonyl (C=O) groups excluding carboxylic acids is 1. The molecule has 1 atom stereocenters. The third-order valence-electron chi connectivity index (χ3n) is 6.09. The summed E-state index contributed by atoms with van der Waals surface area (Å²) in [7, 11) is -3.80. The summed E-state index contributed by atoms with van der Waals surface area (Å²) in [5, 5.41) is 4.07. The van der Waals surface area contributed by atoms with Crippen LogP contribution in [0.5, 0.6) is 11.5 Å². The fraction of sp³-hybridized carbons (Fsp3) is 0.172. The minimum absolute atomic E-state index is 0.312. The van der Waals surface area contributed by atoms with E-state index in [1.54, 1.807) is 36.4 Å². The fourth-order valence-corrected chi connectivity index (χ4v) is 5.43. The normalized spacial score (nSPS) is 12.3. The van der Waals surface area contributed by atoms with Gasteiger partial charge in [-0.15, -0.1) is 0 Å². The first-order valence-corrected chi connectivity index (χ1v) is 14.0. The SMILES string of the molecule is Cc1cc(/C=N\NC(=O)[C@H](C)N(c2ccc(Oc3ccccc3)cc2)S(C)(=O)=O)c(C)n1-c1ccc(F)cc1. The molecule has 0 aliphatic rings. The number of ether oxygens (including phenoxy) is 1. The van der Waals surface area contributed by atoms with Gasteiger partial charge in [-0.3, -0.25) is 9.10 Å². The van der Waals surface area contributed by atoms with Crippen LogP contribution in [0.4, 0.5) is 10.1 Å². The van der Waals surface area contributed by atoms with Gasteiger partial charge in [0.15, 0.2) is 0 Å². The van der Waals surface area contributed by atoms with Gasteiger partial charge in [0.05, 0.1) is 18.2 Å². The molecule has 0 spiro atoms. The molecule has 0 unspecified atom stereocenters. The number of rotatable bonds is 9. The number of anilines is 1. The van der Waals surface area contributed by atoms with Crippen molar-refractivity contribution in [1.82, 2.24) is 9.99 Å². The summed E-state index contributed by atoms with van der Waals surface area (Å²) in [5.41, 5.74) is 6.05. The second-order valence-electron chi connectivity index (χ2n) is 9.02. The van der Waals surface area contributed by atoms with E-state index in [1.165, 1.54) is 25.3 Å².